The standard InChI is InChI=1S/C15H24N5O3P/c1-8-11(21)9(5-6-24(2,3)4)23-14(8)20-7-17-10-12(20)18-15(16)19-13(10)22/h7-9,11,14,21H,2,5-6H2,1,3-4H3,(H3,16,18,19,22)/t8-,9-,11+,14?/m1/s1. The van der Waals surface area contributed by atoms with Gasteiger partial charge in [0.05, 0.1) is 18.5 Å². The van der Waals surface area contributed by atoms with Crippen LogP contribution in [0.1, 0.15) is 19.6 Å². The number of ether oxygens (including phenoxy) is 1. The molecule has 1 aliphatic heterocycles. The van der Waals surface area contributed by atoms with E-state index in [-0.39, 0.29) is 29.0 Å². The molecule has 0 spiro atoms. The second-order valence-corrected chi connectivity index (χ2v) is 11.5. The Morgan fingerprint density at radius 3 is 2.92 bits per heavy atom. The largest absolute Gasteiger partial charge is 0.390 e. The van der Waals surface area contributed by atoms with Crippen molar-refractivity contribution in [3.05, 3.63) is 16.7 Å². The van der Waals surface area contributed by atoms with Gasteiger partial charge in [-0.1, -0.05) is 6.92 Å². The van der Waals surface area contributed by atoms with Gasteiger partial charge in [0.2, 0.25) is 5.95 Å². The molecule has 0 bridgehead atoms. The van der Waals surface area contributed by atoms with Crippen LogP contribution in [0.4, 0.5) is 5.95 Å². The molecule has 8 nitrogen and oxygen atoms in total. The molecule has 0 amide bonds. The molecule has 0 aromatic carbocycles. The molecule has 1 fully saturated rings. The number of H-pyrrole nitrogens is 1. The second-order valence-electron chi connectivity index (χ2n) is 7.14. The summed E-state index contributed by atoms with van der Waals surface area (Å²) in [6.45, 7) is 5.07. The summed E-state index contributed by atoms with van der Waals surface area (Å²) in [5, 5.41) is 10.5. The minimum absolute atomic E-state index is 0.0283. The van der Waals surface area contributed by atoms with Crippen LogP contribution >= 0.6 is 6.89 Å². The van der Waals surface area contributed by atoms with Crippen molar-refractivity contribution < 1.29 is 9.84 Å². The van der Waals surface area contributed by atoms with Gasteiger partial charge >= 0.3 is 0 Å². The highest BCUT2D eigenvalue weighted by atomic mass is 31.2. The quantitative estimate of drug-likeness (QED) is 0.696. The Labute approximate surface area is 140 Å². The van der Waals surface area contributed by atoms with Crippen molar-refractivity contribution in [3.8, 4) is 0 Å². The van der Waals surface area contributed by atoms with Crippen LogP contribution in [-0.4, -0.2) is 62.6 Å². The monoisotopic (exact) mass is 353 g/mol. The summed E-state index contributed by atoms with van der Waals surface area (Å²) in [6, 6.07) is 0. The SMILES string of the molecule is C=P(C)(C)CC[C@H]1OC(n2cnc3c(=O)[nH]c(N)nc32)[C@H](C)[C@@H]1O. The number of aliphatic hydroxyl groups excluding tert-OH is 1. The molecular weight excluding hydrogens is 329 g/mol. The van der Waals surface area contributed by atoms with Crippen molar-refractivity contribution >= 4 is 30.3 Å². The molecule has 0 saturated carbocycles. The molecule has 0 aliphatic carbocycles. The van der Waals surface area contributed by atoms with Gasteiger partial charge in [0, 0.05) is 5.92 Å². The molecule has 3 heterocycles. The summed E-state index contributed by atoms with van der Waals surface area (Å²) in [5.41, 5.74) is 5.83. The van der Waals surface area contributed by atoms with Crippen molar-refractivity contribution in [3.63, 3.8) is 0 Å². The van der Waals surface area contributed by atoms with Crippen molar-refractivity contribution in [1.29, 1.82) is 0 Å². The molecule has 24 heavy (non-hydrogen) atoms. The third-order valence-electron chi connectivity index (χ3n) is 4.43. The maximum atomic E-state index is 11.9. The molecule has 1 saturated heterocycles. The van der Waals surface area contributed by atoms with Crippen molar-refractivity contribution in [1.82, 2.24) is 19.5 Å². The fourth-order valence-electron chi connectivity index (χ4n) is 3.05. The van der Waals surface area contributed by atoms with Gasteiger partial charge in [0.1, 0.15) is 6.23 Å². The Morgan fingerprint density at radius 2 is 2.25 bits per heavy atom. The van der Waals surface area contributed by atoms with Gasteiger partial charge in [0.15, 0.2) is 11.2 Å². The Bertz CT molecular complexity index is 854. The van der Waals surface area contributed by atoms with E-state index in [9.17, 15) is 9.90 Å². The van der Waals surface area contributed by atoms with E-state index in [1.54, 1.807) is 4.57 Å². The van der Waals surface area contributed by atoms with Crippen LogP contribution in [0.15, 0.2) is 11.1 Å². The average molecular weight is 353 g/mol. The highest BCUT2D eigenvalue weighted by Gasteiger charge is 2.42. The fraction of sp³-hybridized carbons (Fsp3) is 0.600. The number of anilines is 1. The lowest BCUT2D eigenvalue weighted by atomic mass is 10.0. The predicted molar refractivity (Wildman–Crippen MR) is 97.0 cm³/mol. The van der Waals surface area contributed by atoms with E-state index in [0.717, 1.165) is 12.6 Å². The number of nitrogens with two attached hydrogens (primary N) is 1. The highest BCUT2D eigenvalue weighted by molar-refractivity contribution is 7.72. The highest BCUT2D eigenvalue weighted by Crippen LogP contribution is 2.41. The molecule has 2 aromatic heterocycles. The summed E-state index contributed by atoms with van der Waals surface area (Å²) in [5.74, 6) is -0.124. The lowest BCUT2D eigenvalue weighted by molar-refractivity contribution is -0.0206. The van der Waals surface area contributed by atoms with Crippen LogP contribution in [-0.2, 0) is 4.74 Å². The first kappa shape index (κ1) is 17.2. The van der Waals surface area contributed by atoms with Crippen LogP contribution in [0.2, 0.25) is 0 Å². The number of hydrogen-bond acceptors (Lipinski definition) is 6. The number of aliphatic hydroxyl groups is 1. The topological polar surface area (TPSA) is 119 Å². The molecule has 4 N–H and O–H groups in total. The average Bonchev–Trinajstić information content (AvgIpc) is 3.00. The molecule has 9 heteroatoms. The Hall–Kier alpha value is -1.63. The fourth-order valence-corrected chi connectivity index (χ4v) is 4.01. The van der Waals surface area contributed by atoms with Gasteiger partial charge < -0.3 is 15.6 Å². The van der Waals surface area contributed by atoms with Crippen molar-refractivity contribution in [2.45, 2.75) is 31.8 Å². The summed E-state index contributed by atoms with van der Waals surface area (Å²) >= 11 is 0. The van der Waals surface area contributed by atoms with Gasteiger partial charge in [-0.3, -0.25) is 14.3 Å². The third-order valence-corrected chi connectivity index (χ3v) is 5.90. The first-order chi connectivity index (χ1) is 11.2. The first-order valence-corrected chi connectivity index (χ1v) is 11.0. The molecule has 1 unspecified atom stereocenters. The first-order valence-electron chi connectivity index (χ1n) is 7.90. The third kappa shape index (κ3) is 3.14. The van der Waals surface area contributed by atoms with Gasteiger partial charge in [-0.2, -0.15) is 4.98 Å². The van der Waals surface area contributed by atoms with Crippen LogP contribution < -0.4 is 11.3 Å². The van der Waals surface area contributed by atoms with E-state index < -0.39 is 19.2 Å². The number of aromatic amines is 1. The summed E-state index contributed by atoms with van der Waals surface area (Å²) < 4.78 is 7.76. The smallest absolute Gasteiger partial charge is 0.280 e. The molecule has 0 radical (unpaired) electrons. The van der Waals surface area contributed by atoms with E-state index in [2.05, 4.69) is 34.6 Å². The summed E-state index contributed by atoms with van der Waals surface area (Å²) in [7, 11) is 0. The predicted octanol–water partition coefficient (Wildman–Crippen LogP) is 0.696. The van der Waals surface area contributed by atoms with Crippen LogP contribution in [0, 0.1) is 5.92 Å². The maximum Gasteiger partial charge on any atom is 0.280 e. The molecule has 1 aliphatic rings. The zero-order chi connectivity index (χ0) is 17.6. The maximum absolute atomic E-state index is 11.9. The van der Waals surface area contributed by atoms with Crippen molar-refractivity contribution in [2.75, 3.05) is 25.2 Å². The number of aromatic nitrogens is 4. The van der Waals surface area contributed by atoms with E-state index in [1.165, 1.54) is 6.33 Å². The van der Waals surface area contributed by atoms with E-state index in [1.807, 2.05) is 6.92 Å². The number of nitrogen functional groups attached to an aromatic ring is 1. The number of nitrogens with zero attached hydrogens (tertiary/aromatic N) is 3. The van der Waals surface area contributed by atoms with Crippen LogP contribution in [0.3, 0.4) is 0 Å². The number of nitrogens with one attached hydrogen (secondary N) is 1. The molecule has 132 valence electrons. The second kappa shape index (κ2) is 6.02. The van der Waals surface area contributed by atoms with Crippen LogP contribution in [0.25, 0.3) is 11.2 Å². The lowest BCUT2D eigenvalue weighted by Gasteiger charge is -2.19. The minimum atomic E-state index is -1.18. The molecule has 3 rings (SSSR count). The van der Waals surface area contributed by atoms with E-state index in [4.69, 9.17) is 10.5 Å². The van der Waals surface area contributed by atoms with Crippen LogP contribution in [0.5, 0.6) is 0 Å². The van der Waals surface area contributed by atoms with Gasteiger partial charge in [-0.05, 0) is 25.9 Å². The number of rotatable bonds is 4. The minimum Gasteiger partial charge on any atom is -0.390 e. The Kier molecular flexibility index (Phi) is 4.32. The number of fused-ring (bicyclic) bond motifs is 1. The lowest BCUT2D eigenvalue weighted by Crippen LogP contribution is -2.26. The summed E-state index contributed by atoms with van der Waals surface area (Å²) in [4.78, 5) is 22.6. The van der Waals surface area contributed by atoms with Gasteiger partial charge in [-0.25, -0.2) is 4.98 Å². The molecular formula is C15H24N5O3P. The van der Waals surface area contributed by atoms with Gasteiger partial charge in [0.25, 0.3) is 5.56 Å². The van der Waals surface area contributed by atoms with E-state index in [0.29, 0.717) is 5.65 Å². The Balaban J connectivity index is 1.90. The van der Waals surface area contributed by atoms with Gasteiger partial charge in [-0.15, -0.1) is 13.2 Å². The van der Waals surface area contributed by atoms with Crippen molar-refractivity contribution in [2.24, 2.45) is 5.92 Å². The van der Waals surface area contributed by atoms with E-state index >= 15 is 0 Å². The zero-order valence-electron chi connectivity index (χ0n) is 14.1. The molecule has 4 atom stereocenters. The number of hydrogen-bond donors (Lipinski definition) is 3. The molecule has 2 aromatic rings. The zero-order valence-corrected chi connectivity index (χ0v) is 15.0. The normalized spacial score (nSPS) is 27.8. The Morgan fingerprint density at radius 1 is 1.54 bits per heavy atom. The number of imidazole rings is 1. The summed E-state index contributed by atoms with van der Waals surface area (Å²) in [6.07, 6.45) is 6.14.